The van der Waals surface area contributed by atoms with Crippen molar-refractivity contribution >= 4 is 17.3 Å². The van der Waals surface area contributed by atoms with Crippen molar-refractivity contribution in [2.75, 3.05) is 5.32 Å². The van der Waals surface area contributed by atoms with Crippen LogP contribution < -0.4 is 10.1 Å². The molecule has 0 amide bonds. The molecule has 0 aliphatic carbocycles. The van der Waals surface area contributed by atoms with E-state index in [-0.39, 0.29) is 0 Å². The highest BCUT2D eigenvalue weighted by atomic mass is 35.5. The van der Waals surface area contributed by atoms with Gasteiger partial charge in [-0.15, -0.1) is 0 Å². The first-order valence-electron chi connectivity index (χ1n) is 7.96. The molecule has 3 heteroatoms. The van der Waals surface area contributed by atoms with Crippen molar-refractivity contribution in [3.05, 3.63) is 94.5 Å². The lowest BCUT2D eigenvalue weighted by Gasteiger charge is -2.10. The number of halogens is 1. The van der Waals surface area contributed by atoms with Gasteiger partial charge < -0.3 is 10.1 Å². The van der Waals surface area contributed by atoms with Crippen molar-refractivity contribution in [1.29, 1.82) is 0 Å². The SMILES string of the molecule is Cc1ccc(NCc2cccc(OCc3ccccc3)c2)cc1Cl. The van der Waals surface area contributed by atoms with E-state index in [0.717, 1.165) is 39.7 Å². The summed E-state index contributed by atoms with van der Waals surface area (Å²) < 4.78 is 5.87. The number of hydrogen-bond acceptors (Lipinski definition) is 2. The fourth-order valence-corrected chi connectivity index (χ4v) is 2.57. The standard InChI is InChI=1S/C21H20ClNO/c1-16-10-11-19(13-21(16)22)23-14-18-8-5-9-20(12-18)24-15-17-6-3-2-4-7-17/h2-13,23H,14-15H2,1H3. The van der Waals surface area contributed by atoms with Gasteiger partial charge in [-0.1, -0.05) is 60.1 Å². The van der Waals surface area contributed by atoms with Crippen molar-refractivity contribution in [2.24, 2.45) is 0 Å². The quantitative estimate of drug-likeness (QED) is 0.610. The first kappa shape index (κ1) is 16.4. The van der Waals surface area contributed by atoms with Crippen LogP contribution in [0.4, 0.5) is 5.69 Å². The van der Waals surface area contributed by atoms with E-state index in [1.165, 1.54) is 0 Å². The molecule has 0 atom stereocenters. The van der Waals surface area contributed by atoms with Crippen LogP contribution in [0.5, 0.6) is 5.75 Å². The fraction of sp³-hybridized carbons (Fsp3) is 0.143. The lowest BCUT2D eigenvalue weighted by atomic mass is 10.2. The van der Waals surface area contributed by atoms with Gasteiger partial charge >= 0.3 is 0 Å². The highest BCUT2D eigenvalue weighted by Crippen LogP contribution is 2.21. The number of nitrogens with one attached hydrogen (secondary N) is 1. The molecule has 3 aromatic rings. The van der Waals surface area contributed by atoms with E-state index < -0.39 is 0 Å². The second kappa shape index (κ2) is 7.89. The minimum absolute atomic E-state index is 0.575. The minimum Gasteiger partial charge on any atom is -0.489 e. The summed E-state index contributed by atoms with van der Waals surface area (Å²) in [6.07, 6.45) is 0. The smallest absolute Gasteiger partial charge is 0.120 e. The second-order valence-corrected chi connectivity index (χ2v) is 6.15. The molecule has 1 N–H and O–H groups in total. The molecular weight excluding hydrogens is 318 g/mol. The predicted octanol–water partition coefficient (Wildman–Crippen LogP) is 5.84. The molecule has 0 saturated heterocycles. The molecular formula is C21H20ClNO. The second-order valence-electron chi connectivity index (χ2n) is 5.74. The average Bonchev–Trinajstić information content (AvgIpc) is 2.62. The largest absolute Gasteiger partial charge is 0.489 e. The van der Waals surface area contributed by atoms with Crippen LogP contribution in [0.25, 0.3) is 0 Å². The normalized spacial score (nSPS) is 10.4. The third-order valence-electron chi connectivity index (χ3n) is 3.82. The Bertz CT molecular complexity index is 802. The van der Waals surface area contributed by atoms with Gasteiger partial charge in [0.05, 0.1) is 0 Å². The summed E-state index contributed by atoms with van der Waals surface area (Å²) in [4.78, 5) is 0. The van der Waals surface area contributed by atoms with Gasteiger partial charge in [0.1, 0.15) is 12.4 Å². The first-order chi connectivity index (χ1) is 11.7. The lowest BCUT2D eigenvalue weighted by Crippen LogP contribution is -2.00. The Balaban J connectivity index is 1.59. The molecule has 0 unspecified atom stereocenters. The highest BCUT2D eigenvalue weighted by molar-refractivity contribution is 6.31. The third kappa shape index (κ3) is 4.53. The molecule has 0 bridgehead atoms. The Labute approximate surface area is 148 Å². The lowest BCUT2D eigenvalue weighted by molar-refractivity contribution is 0.306. The first-order valence-corrected chi connectivity index (χ1v) is 8.34. The maximum Gasteiger partial charge on any atom is 0.120 e. The molecule has 122 valence electrons. The summed E-state index contributed by atoms with van der Waals surface area (Å²) in [6.45, 7) is 3.30. The summed E-state index contributed by atoms with van der Waals surface area (Å²) >= 11 is 6.16. The van der Waals surface area contributed by atoms with Crippen molar-refractivity contribution in [3.8, 4) is 5.75 Å². The summed E-state index contributed by atoms with van der Waals surface area (Å²) in [7, 11) is 0. The number of rotatable bonds is 6. The summed E-state index contributed by atoms with van der Waals surface area (Å²) in [5.41, 5.74) is 4.42. The highest BCUT2D eigenvalue weighted by Gasteiger charge is 2.01. The van der Waals surface area contributed by atoms with E-state index in [1.807, 2.05) is 55.5 Å². The van der Waals surface area contributed by atoms with Gasteiger partial charge in [0, 0.05) is 17.3 Å². The molecule has 0 aliphatic heterocycles. The molecule has 0 radical (unpaired) electrons. The van der Waals surface area contributed by atoms with Crippen molar-refractivity contribution in [1.82, 2.24) is 0 Å². The number of ether oxygens (including phenoxy) is 1. The third-order valence-corrected chi connectivity index (χ3v) is 4.22. The topological polar surface area (TPSA) is 21.3 Å². The maximum atomic E-state index is 6.16. The van der Waals surface area contributed by atoms with Crippen LogP contribution >= 0.6 is 11.6 Å². The zero-order valence-electron chi connectivity index (χ0n) is 13.6. The monoisotopic (exact) mass is 337 g/mol. The molecule has 3 aromatic carbocycles. The Morgan fingerprint density at radius 2 is 1.67 bits per heavy atom. The van der Waals surface area contributed by atoms with E-state index in [9.17, 15) is 0 Å². The predicted molar refractivity (Wildman–Crippen MR) is 101 cm³/mol. The summed E-state index contributed by atoms with van der Waals surface area (Å²) in [6, 6.07) is 24.3. The van der Waals surface area contributed by atoms with E-state index in [1.54, 1.807) is 0 Å². The Hall–Kier alpha value is -2.45. The van der Waals surface area contributed by atoms with E-state index >= 15 is 0 Å². The molecule has 0 spiro atoms. The Kier molecular flexibility index (Phi) is 5.39. The molecule has 2 nitrogen and oxygen atoms in total. The van der Waals surface area contributed by atoms with Crippen molar-refractivity contribution < 1.29 is 4.74 Å². The Morgan fingerprint density at radius 3 is 2.46 bits per heavy atom. The van der Waals surface area contributed by atoms with Crippen molar-refractivity contribution in [3.63, 3.8) is 0 Å². The van der Waals surface area contributed by atoms with Crippen LogP contribution in [0.2, 0.25) is 5.02 Å². The van der Waals surface area contributed by atoms with Crippen molar-refractivity contribution in [2.45, 2.75) is 20.1 Å². The maximum absolute atomic E-state index is 6.16. The summed E-state index contributed by atoms with van der Waals surface area (Å²) in [5, 5.41) is 4.17. The molecule has 0 aliphatic rings. The van der Waals surface area contributed by atoms with Crippen LogP contribution in [-0.2, 0) is 13.2 Å². The number of anilines is 1. The van der Waals surface area contributed by atoms with E-state index in [0.29, 0.717) is 6.61 Å². The molecule has 0 heterocycles. The van der Waals surface area contributed by atoms with E-state index in [2.05, 4.69) is 29.6 Å². The van der Waals surface area contributed by atoms with Crippen LogP contribution in [0.1, 0.15) is 16.7 Å². The molecule has 0 aromatic heterocycles. The molecule has 0 saturated carbocycles. The molecule has 0 fully saturated rings. The number of hydrogen-bond donors (Lipinski definition) is 1. The fourth-order valence-electron chi connectivity index (χ4n) is 2.39. The van der Waals surface area contributed by atoms with Gasteiger partial charge in [0.25, 0.3) is 0 Å². The van der Waals surface area contributed by atoms with Crippen LogP contribution in [0, 0.1) is 6.92 Å². The van der Waals surface area contributed by atoms with Gasteiger partial charge in [-0.2, -0.15) is 0 Å². The Morgan fingerprint density at radius 1 is 0.875 bits per heavy atom. The summed E-state index contributed by atoms with van der Waals surface area (Å²) in [5.74, 6) is 0.875. The van der Waals surface area contributed by atoms with Crippen LogP contribution in [0.3, 0.4) is 0 Å². The molecule has 24 heavy (non-hydrogen) atoms. The van der Waals surface area contributed by atoms with Crippen LogP contribution in [0.15, 0.2) is 72.8 Å². The van der Waals surface area contributed by atoms with Gasteiger partial charge in [-0.3, -0.25) is 0 Å². The average molecular weight is 338 g/mol. The number of benzene rings is 3. The minimum atomic E-state index is 0.575. The van der Waals surface area contributed by atoms with Gasteiger partial charge in [-0.05, 0) is 47.9 Å². The van der Waals surface area contributed by atoms with Gasteiger partial charge in [0.2, 0.25) is 0 Å². The van der Waals surface area contributed by atoms with Gasteiger partial charge in [-0.25, -0.2) is 0 Å². The molecule has 3 rings (SSSR count). The van der Waals surface area contributed by atoms with Crippen LogP contribution in [-0.4, -0.2) is 0 Å². The zero-order valence-corrected chi connectivity index (χ0v) is 14.4. The number of aryl methyl sites for hydroxylation is 1. The zero-order chi connectivity index (χ0) is 16.8. The van der Waals surface area contributed by atoms with Gasteiger partial charge in [0.15, 0.2) is 0 Å². The van der Waals surface area contributed by atoms with E-state index in [4.69, 9.17) is 16.3 Å².